The number of carbonyl (C=O) groups excluding carboxylic acids is 2. The minimum Gasteiger partial charge on any atom is -0.465 e. The number of amides is 1. The van der Waals surface area contributed by atoms with Gasteiger partial charge < -0.3 is 10.1 Å². The summed E-state index contributed by atoms with van der Waals surface area (Å²) in [5.41, 5.74) is 3.70. The van der Waals surface area contributed by atoms with E-state index in [0.717, 1.165) is 11.1 Å². The van der Waals surface area contributed by atoms with Crippen LogP contribution in [0.5, 0.6) is 0 Å². The van der Waals surface area contributed by atoms with Gasteiger partial charge in [0.2, 0.25) is 0 Å². The Kier molecular flexibility index (Phi) is 5.70. The third kappa shape index (κ3) is 4.33. The summed E-state index contributed by atoms with van der Waals surface area (Å²) in [5, 5.41) is 12.0. The summed E-state index contributed by atoms with van der Waals surface area (Å²) in [6, 6.07) is 14.0. The Labute approximate surface area is 146 Å². The van der Waals surface area contributed by atoms with E-state index in [0.29, 0.717) is 16.8 Å². The largest absolute Gasteiger partial charge is 0.465 e. The molecule has 1 N–H and O–H groups in total. The number of benzene rings is 2. The number of carbonyl (C=O) groups is 2. The highest BCUT2D eigenvalue weighted by Crippen LogP contribution is 2.19. The molecule has 2 rings (SSSR count). The van der Waals surface area contributed by atoms with Crippen molar-refractivity contribution in [3.63, 3.8) is 0 Å². The van der Waals surface area contributed by atoms with Crippen LogP contribution in [0, 0.1) is 25.2 Å². The van der Waals surface area contributed by atoms with Gasteiger partial charge in [-0.3, -0.25) is 4.79 Å². The highest BCUT2D eigenvalue weighted by molar-refractivity contribution is 6.10. The van der Waals surface area contributed by atoms with Crippen LogP contribution in [0.4, 0.5) is 5.69 Å². The van der Waals surface area contributed by atoms with Gasteiger partial charge in [0.1, 0.15) is 11.6 Å². The zero-order valence-corrected chi connectivity index (χ0v) is 14.3. The maximum atomic E-state index is 12.4. The van der Waals surface area contributed by atoms with Crippen molar-refractivity contribution < 1.29 is 14.3 Å². The SMILES string of the molecule is COC(=O)c1ccc(/C=C(/C#N)C(=O)Nc2cccc(C)c2C)cc1. The number of ether oxygens (including phenoxy) is 1. The van der Waals surface area contributed by atoms with Crippen molar-refractivity contribution in [3.8, 4) is 6.07 Å². The van der Waals surface area contributed by atoms with Crippen LogP contribution in [-0.4, -0.2) is 19.0 Å². The number of nitrogens with zero attached hydrogens (tertiary/aromatic N) is 1. The monoisotopic (exact) mass is 334 g/mol. The summed E-state index contributed by atoms with van der Waals surface area (Å²) in [7, 11) is 1.31. The second kappa shape index (κ2) is 7.93. The second-order valence-electron chi connectivity index (χ2n) is 5.49. The Balaban J connectivity index is 2.22. The van der Waals surface area contributed by atoms with Crippen LogP contribution in [0.1, 0.15) is 27.0 Å². The van der Waals surface area contributed by atoms with Gasteiger partial charge in [-0.25, -0.2) is 4.79 Å². The van der Waals surface area contributed by atoms with E-state index in [1.807, 2.05) is 32.0 Å². The molecule has 5 heteroatoms. The molecule has 0 saturated carbocycles. The molecule has 0 aliphatic carbocycles. The normalized spacial score (nSPS) is 10.7. The summed E-state index contributed by atoms with van der Waals surface area (Å²) in [4.78, 5) is 23.8. The van der Waals surface area contributed by atoms with E-state index < -0.39 is 11.9 Å². The van der Waals surface area contributed by atoms with Crippen molar-refractivity contribution in [2.75, 3.05) is 12.4 Å². The first-order chi connectivity index (χ1) is 12.0. The van der Waals surface area contributed by atoms with Crippen LogP contribution in [0.15, 0.2) is 48.0 Å². The number of nitriles is 1. The average Bonchev–Trinajstić information content (AvgIpc) is 2.63. The molecule has 0 saturated heterocycles. The lowest BCUT2D eigenvalue weighted by molar-refractivity contribution is -0.112. The molecule has 1 amide bonds. The molecule has 0 unspecified atom stereocenters. The van der Waals surface area contributed by atoms with Gasteiger partial charge in [0.25, 0.3) is 5.91 Å². The lowest BCUT2D eigenvalue weighted by Gasteiger charge is -2.09. The Morgan fingerprint density at radius 1 is 1.12 bits per heavy atom. The lowest BCUT2D eigenvalue weighted by atomic mass is 10.1. The molecule has 0 aromatic heterocycles. The number of hydrogen-bond acceptors (Lipinski definition) is 4. The van der Waals surface area contributed by atoms with Gasteiger partial charge in [-0.15, -0.1) is 0 Å². The average molecular weight is 334 g/mol. The van der Waals surface area contributed by atoms with Crippen molar-refractivity contribution in [1.82, 2.24) is 0 Å². The second-order valence-corrected chi connectivity index (χ2v) is 5.49. The van der Waals surface area contributed by atoms with E-state index in [2.05, 4.69) is 10.1 Å². The molecule has 0 fully saturated rings. The summed E-state index contributed by atoms with van der Waals surface area (Å²) in [5.74, 6) is -0.919. The molecule has 2 aromatic carbocycles. The minimum atomic E-state index is -0.478. The highest BCUT2D eigenvalue weighted by atomic mass is 16.5. The van der Waals surface area contributed by atoms with Crippen molar-refractivity contribution in [2.45, 2.75) is 13.8 Å². The zero-order chi connectivity index (χ0) is 18.4. The van der Waals surface area contributed by atoms with E-state index in [1.165, 1.54) is 13.2 Å². The lowest BCUT2D eigenvalue weighted by Crippen LogP contribution is -2.14. The van der Waals surface area contributed by atoms with E-state index in [1.54, 1.807) is 30.3 Å². The maximum Gasteiger partial charge on any atom is 0.337 e. The zero-order valence-electron chi connectivity index (χ0n) is 14.3. The van der Waals surface area contributed by atoms with E-state index >= 15 is 0 Å². The Bertz CT molecular complexity index is 875. The maximum absolute atomic E-state index is 12.4. The number of rotatable bonds is 4. The van der Waals surface area contributed by atoms with Crippen molar-refractivity contribution in [2.24, 2.45) is 0 Å². The number of esters is 1. The summed E-state index contributed by atoms with van der Waals surface area (Å²) in [6.45, 7) is 3.86. The van der Waals surface area contributed by atoms with Gasteiger partial charge in [0, 0.05) is 5.69 Å². The summed E-state index contributed by atoms with van der Waals surface area (Å²) >= 11 is 0. The first kappa shape index (κ1) is 18.0. The minimum absolute atomic E-state index is 0.0216. The third-order valence-electron chi connectivity index (χ3n) is 3.86. The van der Waals surface area contributed by atoms with Crippen LogP contribution in [0.2, 0.25) is 0 Å². The predicted octanol–water partition coefficient (Wildman–Crippen LogP) is 3.64. The molecule has 0 radical (unpaired) electrons. The standard InChI is InChI=1S/C20H18N2O3/c1-13-5-4-6-18(14(13)2)22-19(23)17(12-21)11-15-7-9-16(10-8-15)20(24)25-3/h4-11H,1-3H3,(H,22,23)/b17-11-. The molecule has 25 heavy (non-hydrogen) atoms. The van der Waals surface area contributed by atoms with E-state index in [-0.39, 0.29) is 5.57 Å². The Hall–Kier alpha value is -3.39. The van der Waals surface area contributed by atoms with Gasteiger partial charge in [-0.1, -0.05) is 24.3 Å². The van der Waals surface area contributed by atoms with Gasteiger partial charge in [-0.2, -0.15) is 5.26 Å². The number of aryl methyl sites for hydroxylation is 1. The molecule has 0 atom stereocenters. The topological polar surface area (TPSA) is 79.2 Å². The molecule has 0 bridgehead atoms. The van der Waals surface area contributed by atoms with Gasteiger partial charge in [0.05, 0.1) is 12.7 Å². The van der Waals surface area contributed by atoms with Crippen molar-refractivity contribution in [1.29, 1.82) is 5.26 Å². The van der Waals surface area contributed by atoms with E-state index in [9.17, 15) is 14.9 Å². The van der Waals surface area contributed by atoms with Crippen LogP contribution in [0.3, 0.4) is 0 Å². The quantitative estimate of drug-likeness (QED) is 0.526. The number of hydrogen-bond donors (Lipinski definition) is 1. The van der Waals surface area contributed by atoms with Crippen LogP contribution in [-0.2, 0) is 9.53 Å². The molecule has 2 aromatic rings. The van der Waals surface area contributed by atoms with Gasteiger partial charge in [-0.05, 0) is 54.8 Å². The molecule has 0 aliphatic rings. The molecular weight excluding hydrogens is 316 g/mol. The molecular formula is C20H18N2O3. The number of anilines is 1. The fourth-order valence-electron chi connectivity index (χ4n) is 2.22. The predicted molar refractivity (Wildman–Crippen MR) is 95.9 cm³/mol. The molecule has 0 heterocycles. The van der Waals surface area contributed by atoms with Gasteiger partial charge >= 0.3 is 5.97 Å². The Morgan fingerprint density at radius 3 is 2.40 bits per heavy atom. The number of nitrogens with one attached hydrogen (secondary N) is 1. The molecule has 5 nitrogen and oxygen atoms in total. The fourth-order valence-corrected chi connectivity index (χ4v) is 2.22. The first-order valence-corrected chi connectivity index (χ1v) is 7.64. The smallest absolute Gasteiger partial charge is 0.337 e. The van der Waals surface area contributed by atoms with Crippen LogP contribution >= 0.6 is 0 Å². The third-order valence-corrected chi connectivity index (χ3v) is 3.86. The molecule has 126 valence electrons. The van der Waals surface area contributed by atoms with Crippen LogP contribution < -0.4 is 5.32 Å². The number of methoxy groups -OCH3 is 1. The van der Waals surface area contributed by atoms with Crippen molar-refractivity contribution >= 4 is 23.6 Å². The van der Waals surface area contributed by atoms with Gasteiger partial charge in [0.15, 0.2) is 0 Å². The summed E-state index contributed by atoms with van der Waals surface area (Å²) in [6.07, 6.45) is 1.47. The van der Waals surface area contributed by atoms with Crippen molar-refractivity contribution in [3.05, 3.63) is 70.3 Å². The van der Waals surface area contributed by atoms with Crippen LogP contribution in [0.25, 0.3) is 6.08 Å². The fraction of sp³-hybridized carbons (Fsp3) is 0.150. The summed E-state index contributed by atoms with van der Waals surface area (Å²) < 4.78 is 4.63. The molecule has 0 aliphatic heterocycles. The Morgan fingerprint density at radius 2 is 1.80 bits per heavy atom. The first-order valence-electron chi connectivity index (χ1n) is 7.64. The van der Waals surface area contributed by atoms with E-state index in [4.69, 9.17) is 0 Å². The highest BCUT2D eigenvalue weighted by Gasteiger charge is 2.12. The molecule has 0 spiro atoms.